The van der Waals surface area contributed by atoms with Gasteiger partial charge in [-0.05, 0) is 6.92 Å². The standard InChI is InChI=1S/C12H17ClN4O2/c1-2-19-12(18)10-6-14-3-4-17(10)8-9-5-16-11(13)7-15-9/h5,7,10,14H,2-4,6,8H2,1H3. The minimum absolute atomic E-state index is 0.198. The van der Waals surface area contributed by atoms with E-state index < -0.39 is 0 Å². The van der Waals surface area contributed by atoms with E-state index in [0.717, 1.165) is 18.8 Å². The van der Waals surface area contributed by atoms with Crippen molar-refractivity contribution in [2.24, 2.45) is 0 Å². The molecule has 7 heteroatoms. The van der Waals surface area contributed by atoms with Crippen LogP contribution in [0, 0.1) is 0 Å². The summed E-state index contributed by atoms with van der Waals surface area (Å²) >= 11 is 5.70. The topological polar surface area (TPSA) is 67.3 Å². The van der Waals surface area contributed by atoms with E-state index in [-0.39, 0.29) is 12.0 Å². The van der Waals surface area contributed by atoms with E-state index in [1.807, 2.05) is 11.8 Å². The fraction of sp³-hybridized carbons (Fsp3) is 0.583. The Labute approximate surface area is 117 Å². The lowest BCUT2D eigenvalue weighted by molar-refractivity contribution is -0.150. The van der Waals surface area contributed by atoms with Crippen molar-refractivity contribution < 1.29 is 9.53 Å². The smallest absolute Gasteiger partial charge is 0.324 e. The van der Waals surface area contributed by atoms with Crippen molar-refractivity contribution >= 4 is 17.6 Å². The molecular weight excluding hydrogens is 268 g/mol. The molecule has 0 saturated carbocycles. The summed E-state index contributed by atoms with van der Waals surface area (Å²) in [6.07, 6.45) is 3.14. The van der Waals surface area contributed by atoms with Crippen molar-refractivity contribution in [3.8, 4) is 0 Å². The van der Waals surface area contributed by atoms with Gasteiger partial charge in [0.1, 0.15) is 11.2 Å². The second-order valence-electron chi connectivity index (χ2n) is 4.27. The van der Waals surface area contributed by atoms with Crippen LogP contribution in [0.1, 0.15) is 12.6 Å². The van der Waals surface area contributed by atoms with Gasteiger partial charge in [-0.2, -0.15) is 0 Å². The summed E-state index contributed by atoms with van der Waals surface area (Å²) in [7, 11) is 0. The monoisotopic (exact) mass is 284 g/mol. The number of hydrogen-bond donors (Lipinski definition) is 1. The van der Waals surface area contributed by atoms with Gasteiger partial charge < -0.3 is 10.1 Å². The second kappa shape index (κ2) is 6.79. The maximum Gasteiger partial charge on any atom is 0.324 e. The summed E-state index contributed by atoms with van der Waals surface area (Å²) in [6.45, 7) is 4.98. The van der Waals surface area contributed by atoms with Crippen LogP contribution in [-0.2, 0) is 16.1 Å². The van der Waals surface area contributed by atoms with E-state index in [9.17, 15) is 4.79 Å². The van der Waals surface area contributed by atoms with E-state index in [1.54, 1.807) is 6.20 Å². The summed E-state index contributed by atoms with van der Waals surface area (Å²) in [6, 6.07) is -0.272. The Kier molecular flexibility index (Phi) is 5.07. The molecule has 1 aliphatic heterocycles. The van der Waals surface area contributed by atoms with Crippen molar-refractivity contribution in [2.75, 3.05) is 26.2 Å². The molecule has 0 bridgehead atoms. The van der Waals surface area contributed by atoms with Crippen LogP contribution in [0.25, 0.3) is 0 Å². The van der Waals surface area contributed by atoms with Gasteiger partial charge >= 0.3 is 5.97 Å². The fourth-order valence-electron chi connectivity index (χ4n) is 2.04. The molecule has 1 aromatic heterocycles. The zero-order valence-corrected chi connectivity index (χ0v) is 11.6. The van der Waals surface area contributed by atoms with Gasteiger partial charge in [-0.25, -0.2) is 4.98 Å². The van der Waals surface area contributed by atoms with Gasteiger partial charge in [-0.15, -0.1) is 0 Å². The molecule has 104 valence electrons. The third-order valence-electron chi connectivity index (χ3n) is 2.95. The molecule has 0 spiro atoms. The molecule has 1 N–H and O–H groups in total. The SMILES string of the molecule is CCOC(=O)C1CNCCN1Cc1cnc(Cl)cn1. The van der Waals surface area contributed by atoms with Gasteiger partial charge in [0.05, 0.1) is 24.7 Å². The largest absolute Gasteiger partial charge is 0.465 e. The first-order chi connectivity index (χ1) is 9.20. The van der Waals surface area contributed by atoms with Crippen LogP contribution in [0.3, 0.4) is 0 Å². The quantitative estimate of drug-likeness (QED) is 0.811. The van der Waals surface area contributed by atoms with E-state index in [2.05, 4.69) is 15.3 Å². The molecule has 0 aromatic carbocycles. The van der Waals surface area contributed by atoms with Gasteiger partial charge in [0.2, 0.25) is 0 Å². The number of carbonyl (C=O) groups excluding carboxylic acids is 1. The number of ether oxygens (including phenoxy) is 1. The summed E-state index contributed by atoms with van der Waals surface area (Å²) in [5.41, 5.74) is 0.792. The summed E-state index contributed by atoms with van der Waals surface area (Å²) < 4.78 is 5.09. The maximum atomic E-state index is 11.9. The molecule has 2 heterocycles. The van der Waals surface area contributed by atoms with E-state index >= 15 is 0 Å². The minimum Gasteiger partial charge on any atom is -0.465 e. The number of halogens is 1. The zero-order valence-electron chi connectivity index (χ0n) is 10.8. The van der Waals surface area contributed by atoms with Gasteiger partial charge in [0.15, 0.2) is 0 Å². The molecule has 1 atom stereocenters. The Balaban J connectivity index is 2.03. The van der Waals surface area contributed by atoms with Crippen LogP contribution in [0.5, 0.6) is 0 Å². The molecule has 1 aromatic rings. The van der Waals surface area contributed by atoms with E-state index in [4.69, 9.17) is 16.3 Å². The lowest BCUT2D eigenvalue weighted by Crippen LogP contribution is -2.54. The molecule has 1 fully saturated rings. The van der Waals surface area contributed by atoms with Crippen LogP contribution in [-0.4, -0.2) is 53.1 Å². The molecule has 0 aliphatic carbocycles. The average Bonchev–Trinajstić information content (AvgIpc) is 2.42. The first kappa shape index (κ1) is 14.2. The Morgan fingerprint density at radius 1 is 1.58 bits per heavy atom. The first-order valence-electron chi connectivity index (χ1n) is 6.28. The number of rotatable bonds is 4. The molecular formula is C12H17ClN4O2. The summed E-state index contributed by atoms with van der Waals surface area (Å²) in [5, 5.41) is 3.57. The van der Waals surface area contributed by atoms with Crippen molar-refractivity contribution in [2.45, 2.75) is 19.5 Å². The second-order valence-corrected chi connectivity index (χ2v) is 4.66. The van der Waals surface area contributed by atoms with Crippen molar-refractivity contribution in [1.82, 2.24) is 20.2 Å². The zero-order chi connectivity index (χ0) is 13.7. The first-order valence-corrected chi connectivity index (χ1v) is 6.66. The number of piperazine rings is 1. The number of nitrogens with zero attached hydrogens (tertiary/aromatic N) is 3. The van der Waals surface area contributed by atoms with Crippen molar-refractivity contribution in [1.29, 1.82) is 0 Å². The van der Waals surface area contributed by atoms with Crippen molar-refractivity contribution in [3.05, 3.63) is 23.2 Å². The Bertz CT molecular complexity index is 426. The van der Waals surface area contributed by atoms with Gasteiger partial charge in [-0.3, -0.25) is 14.7 Å². The minimum atomic E-state index is -0.272. The lowest BCUT2D eigenvalue weighted by atomic mass is 10.2. The molecule has 1 aliphatic rings. The highest BCUT2D eigenvalue weighted by molar-refractivity contribution is 6.29. The maximum absolute atomic E-state index is 11.9. The predicted molar refractivity (Wildman–Crippen MR) is 70.7 cm³/mol. The number of nitrogens with one attached hydrogen (secondary N) is 1. The number of hydrogen-bond acceptors (Lipinski definition) is 6. The van der Waals surface area contributed by atoms with Gasteiger partial charge in [0, 0.05) is 26.2 Å². The normalized spacial score (nSPS) is 20.2. The highest BCUT2D eigenvalue weighted by atomic mass is 35.5. The van der Waals surface area contributed by atoms with Crippen LogP contribution in [0.4, 0.5) is 0 Å². The number of esters is 1. The predicted octanol–water partition coefficient (Wildman–Crippen LogP) is 0.467. The Hall–Kier alpha value is -1.24. The van der Waals surface area contributed by atoms with Crippen LogP contribution >= 0.6 is 11.6 Å². The van der Waals surface area contributed by atoms with Crippen LogP contribution in [0.2, 0.25) is 5.15 Å². The lowest BCUT2D eigenvalue weighted by Gasteiger charge is -2.34. The van der Waals surface area contributed by atoms with E-state index in [1.165, 1.54) is 6.20 Å². The number of aromatic nitrogens is 2. The molecule has 0 amide bonds. The van der Waals surface area contributed by atoms with Gasteiger partial charge in [0.25, 0.3) is 0 Å². The third-order valence-corrected chi connectivity index (χ3v) is 3.15. The molecule has 1 unspecified atom stereocenters. The molecule has 6 nitrogen and oxygen atoms in total. The van der Waals surface area contributed by atoms with Crippen molar-refractivity contribution in [3.63, 3.8) is 0 Å². The Morgan fingerprint density at radius 2 is 2.42 bits per heavy atom. The van der Waals surface area contributed by atoms with Crippen LogP contribution < -0.4 is 5.32 Å². The fourth-order valence-corrected chi connectivity index (χ4v) is 2.13. The molecule has 0 radical (unpaired) electrons. The highest BCUT2D eigenvalue weighted by Crippen LogP contribution is 2.11. The van der Waals surface area contributed by atoms with Gasteiger partial charge in [-0.1, -0.05) is 11.6 Å². The Morgan fingerprint density at radius 3 is 3.11 bits per heavy atom. The summed E-state index contributed by atoms with van der Waals surface area (Å²) in [5.74, 6) is -0.198. The average molecular weight is 285 g/mol. The molecule has 2 rings (SSSR count). The molecule has 19 heavy (non-hydrogen) atoms. The highest BCUT2D eigenvalue weighted by Gasteiger charge is 2.29. The summed E-state index contributed by atoms with van der Waals surface area (Å²) in [4.78, 5) is 22.1. The van der Waals surface area contributed by atoms with Crippen LogP contribution in [0.15, 0.2) is 12.4 Å². The third kappa shape index (κ3) is 3.86. The number of carbonyl (C=O) groups is 1. The van der Waals surface area contributed by atoms with E-state index in [0.29, 0.717) is 24.8 Å². The molecule has 1 saturated heterocycles.